The summed E-state index contributed by atoms with van der Waals surface area (Å²) in [6.45, 7) is 0. The fourth-order valence-corrected chi connectivity index (χ4v) is 2.44. The third kappa shape index (κ3) is 1.60. The highest BCUT2D eigenvalue weighted by Gasteiger charge is 2.28. The summed E-state index contributed by atoms with van der Waals surface area (Å²) < 4.78 is 2.04. The van der Waals surface area contributed by atoms with Gasteiger partial charge < -0.3 is 15.4 Å². The van der Waals surface area contributed by atoms with Crippen molar-refractivity contribution in [3.63, 3.8) is 0 Å². The van der Waals surface area contributed by atoms with Gasteiger partial charge in [-0.05, 0) is 12.8 Å². The molecule has 3 rings (SSSR count). The Balaban J connectivity index is 1.93. The molecule has 1 unspecified atom stereocenters. The third-order valence-corrected chi connectivity index (χ3v) is 3.61. The van der Waals surface area contributed by atoms with Crippen molar-refractivity contribution in [3.05, 3.63) is 29.3 Å². The second kappa shape index (κ2) is 3.57. The molecule has 2 aromatic rings. The summed E-state index contributed by atoms with van der Waals surface area (Å²) in [6, 6.07) is 0.511. The monoisotopic (exact) mass is 236 g/mol. The maximum atomic E-state index is 10.2. The zero-order valence-electron chi connectivity index (χ0n) is 8.58. The van der Waals surface area contributed by atoms with Gasteiger partial charge in [0.25, 0.3) is 0 Å². The van der Waals surface area contributed by atoms with E-state index in [0.29, 0.717) is 11.2 Å². The number of aliphatic hydroxyl groups excluding tert-OH is 1. The average Bonchev–Trinajstić information content (AvgIpc) is 2.85. The lowest BCUT2D eigenvalue weighted by Crippen LogP contribution is -2.05. The Kier molecular flexibility index (Phi) is 2.19. The predicted molar refractivity (Wildman–Crippen MR) is 61.1 cm³/mol. The minimum Gasteiger partial charge on any atom is -0.381 e. The standard InChI is InChI=1S/C10H12N4OS/c11-10-13-4-8(16-10)9(15)7-3-12-5-14(7)6-1-2-6/h3-6,9,15H,1-2H2,(H2,11,13). The summed E-state index contributed by atoms with van der Waals surface area (Å²) in [4.78, 5) is 8.80. The maximum absolute atomic E-state index is 10.2. The fraction of sp³-hybridized carbons (Fsp3) is 0.400. The van der Waals surface area contributed by atoms with Crippen molar-refractivity contribution < 1.29 is 5.11 Å². The normalized spacial score (nSPS) is 17.6. The minimum atomic E-state index is -0.669. The molecule has 2 aromatic heterocycles. The van der Waals surface area contributed by atoms with Gasteiger partial charge in [0, 0.05) is 12.2 Å². The number of nitrogen functional groups attached to an aromatic ring is 1. The van der Waals surface area contributed by atoms with Crippen LogP contribution in [0, 0.1) is 0 Å². The molecule has 16 heavy (non-hydrogen) atoms. The van der Waals surface area contributed by atoms with Gasteiger partial charge in [0.15, 0.2) is 5.13 Å². The molecule has 0 amide bonds. The van der Waals surface area contributed by atoms with Crippen molar-refractivity contribution >= 4 is 16.5 Å². The van der Waals surface area contributed by atoms with Gasteiger partial charge in [-0.1, -0.05) is 11.3 Å². The molecular weight excluding hydrogens is 224 g/mol. The second-order valence-electron chi connectivity index (χ2n) is 3.96. The average molecular weight is 236 g/mol. The summed E-state index contributed by atoms with van der Waals surface area (Å²) in [5.41, 5.74) is 6.38. The number of nitrogens with zero attached hydrogens (tertiary/aromatic N) is 3. The molecular formula is C10H12N4OS. The number of aliphatic hydroxyl groups is 1. The predicted octanol–water partition coefficient (Wildman–Crippen LogP) is 1.34. The van der Waals surface area contributed by atoms with E-state index in [0.717, 1.165) is 10.6 Å². The molecule has 0 saturated heterocycles. The minimum absolute atomic E-state index is 0.478. The van der Waals surface area contributed by atoms with Gasteiger partial charge in [-0.25, -0.2) is 9.97 Å². The maximum Gasteiger partial charge on any atom is 0.180 e. The van der Waals surface area contributed by atoms with Crippen molar-refractivity contribution in [1.29, 1.82) is 0 Å². The van der Waals surface area contributed by atoms with Gasteiger partial charge in [0.05, 0.1) is 23.1 Å². The van der Waals surface area contributed by atoms with Gasteiger partial charge in [-0.2, -0.15) is 0 Å². The van der Waals surface area contributed by atoms with Gasteiger partial charge >= 0.3 is 0 Å². The van der Waals surface area contributed by atoms with Gasteiger partial charge in [0.2, 0.25) is 0 Å². The van der Waals surface area contributed by atoms with Crippen LogP contribution in [-0.2, 0) is 0 Å². The van der Waals surface area contributed by atoms with Crippen LogP contribution in [0.5, 0.6) is 0 Å². The number of anilines is 1. The van der Waals surface area contributed by atoms with E-state index in [1.54, 1.807) is 18.7 Å². The van der Waals surface area contributed by atoms with E-state index in [1.165, 1.54) is 24.2 Å². The molecule has 1 aliphatic rings. The van der Waals surface area contributed by atoms with Gasteiger partial charge in [0.1, 0.15) is 6.10 Å². The van der Waals surface area contributed by atoms with Crippen molar-refractivity contribution in [2.45, 2.75) is 25.0 Å². The Hall–Kier alpha value is -1.40. The highest BCUT2D eigenvalue weighted by Crippen LogP contribution is 2.38. The van der Waals surface area contributed by atoms with E-state index in [4.69, 9.17) is 5.73 Å². The topological polar surface area (TPSA) is 77.0 Å². The molecule has 1 fully saturated rings. The van der Waals surface area contributed by atoms with Crippen molar-refractivity contribution in [3.8, 4) is 0 Å². The molecule has 1 aliphatic carbocycles. The molecule has 0 aromatic carbocycles. The molecule has 6 heteroatoms. The van der Waals surface area contributed by atoms with Crippen LogP contribution in [0.15, 0.2) is 18.7 Å². The smallest absolute Gasteiger partial charge is 0.180 e. The highest BCUT2D eigenvalue weighted by atomic mass is 32.1. The van der Waals surface area contributed by atoms with E-state index in [2.05, 4.69) is 9.97 Å². The molecule has 0 spiro atoms. The van der Waals surface area contributed by atoms with Crippen LogP contribution >= 0.6 is 11.3 Å². The summed E-state index contributed by atoms with van der Waals surface area (Å²) >= 11 is 1.31. The van der Waals surface area contributed by atoms with Gasteiger partial charge in [-0.15, -0.1) is 0 Å². The van der Waals surface area contributed by atoms with Crippen LogP contribution in [0.2, 0.25) is 0 Å². The number of hydrogen-bond acceptors (Lipinski definition) is 5. The Morgan fingerprint density at radius 3 is 2.94 bits per heavy atom. The Bertz CT molecular complexity index is 502. The summed E-state index contributed by atoms with van der Waals surface area (Å²) in [5.74, 6) is 0. The highest BCUT2D eigenvalue weighted by molar-refractivity contribution is 7.15. The largest absolute Gasteiger partial charge is 0.381 e. The molecule has 2 heterocycles. The quantitative estimate of drug-likeness (QED) is 0.843. The lowest BCUT2D eigenvalue weighted by molar-refractivity contribution is 0.213. The first-order valence-corrected chi connectivity index (χ1v) is 5.98. The first-order valence-electron chi connectivity index (χ1n) is 5.16. The Morgan fingerprint density at radius 2 is 2.31 bits per heavy atom. The molecule has 0 aliphatic heterocycles. The van der Waals surface area contributed by atoms with Crippen LogP contribution < -0.4 is 5.73 Å². The number of hydrogen-bond donors (Lipinski definition) is 2. The SMILES string of the molecule is Nc1ncc(C(O)c2cncn2C2CC2)s1. The number of thiazole rings is 1. The van der Waals surface area contributed by atoms with Crippen LogP contribution in [-0.4, -0.2) is 19.6 Å². The van der Waals surface area contributed by atoms with E-state index < -0.39 is 6.10 Å². The molecule has 1 atom stereocenters. The molecule has 3 N–H and O–H groups in total. The molecule has 0 radical (unpaired) electrons. The summed E-state index contributed by atoms with van der Waals surface area (Å²) in [6.07, 6.45) is 6.77. The van der Waals surface area contributed by atoms with E-state index in [1.807, 2.05) is 4.57 Å². The van der Waals surface area contributed by atoms with Crippen LogP contribution in [0.4, 0.5) is 5.13 Å². The number of aromatic nitrogens is 3. The van der Waals surface area contributed by atoms with Crippen molar-refractivity contribution in [2.24, 2.45) is 0 Å². The Morgan fingerprint density at radius 1 is 1.50 bits per heavy atom. The Labute approximate surface area is 96.6 Å². The van der Waals surface area contributed by atoms with E-state index in [9.17, 15) is 5.11 Å². The van der Waals surface area contributed by atoms with E-state index >= 15 is 0 Å². The summed E-state index contributed by atoms with van der Waals surface area (Å²) in [7, 11) is 0. The zero-order valence-corrected chi connectivity index (χ0v) is 9.39. The fourth-order valence-electron chi connectivity index (χ4n) is 1.76. The first kappa shape index (κ1) is 9.80. The number of nitrogens with two attached hydrogens (primary N) is 1. The van der Waals surface area contributed by atoms with Crippen molar-refractivity contribution in [2.75, 3.05) is 5.73 Å². The van der Waals surface area contributed by atoms with Crippen LogP contribution in [0.1, 0.15) is 35.6 Å². The second-order valence-corrected chi connectivity index (χ2v) is 5.05. The molecule has 84 valence electrons. The summed E-state index contributed by atoms with van der Waals surface area (Å²) in [5, 5.41) is 10.7. The molecule has 5 nitrogen and oxygen atoms in total. The van der Waals surface area contributed by atoms with Gasteiger partial charge in [-0.3, -0.25) is 0 Å². The third-order valence-electron chi connectivity index (χ3n) is 2.73. The van der Waals surface area contributed by atoms with Crippen molar-refractivity contribution in [1.82, 2.24) is 14.5 Å². The lowest BCUT2D eigenvalue weighted by Gasteiger charge is -2.11. The number of imidazole rings is 1. The zero-order chi connectivity index (χ0) is 11.1. The van der Waals surface area contributed by atoms with Crippen LogP contribution in [0.25, 0.3) is 0 Å². The first-order chi connectivity index (χ1) is 7.75. The molecule has 1 saturated carbocycles. The number of rotatable bonds is 3. The van der Waals surface area contributed by atoms with Crippen LogP contribution in [0.3, 0.4) is 0 Å². The lowest BCUT2D eigenvalue weighted by atomic mass is 10.2. The molecule has 0 bridgehead atoms. The van der Waals surface area contributed by atoms with E-state index in [-0.39, 0.29) is 0 Å².